The number of nitrogens with one attached hydrogen (secondary N) is 1. The molecule has 2 atom stereocenters. The Morgan fingerprint density at radius 1 is 1.43 bits per heavy atom. The number of hydrogen-bond donors (Lipinski definition) is 1. The van der Waals surface area contributed by atoms with Gasteiger partial charge in [0.05, 0.1) is 0 Å². The van der Waals surface area contributed by atoms with Gasteiger partial charge in [-0.05, 0) is 48.2 Å². The van der Waals surface area contributed by atoms with E-state index in [9.17, 15) is 0 Å². The highest BCUT2D eigenvalue weighted by molar-refractivity contribution is 7.08. The van der Waals surface area contributed by atoms with Crippen LogP contribution in [0.3, 0.4) is 0 Å². The average Bonchev–Trinajstić information content (AvgIpc) is 2.60. The summed E-state index contributed by atoms with van der Waals surface area (Å²) in [5, 5.41) is 7.93. The van der Waals surface area contributed by atoms with E-state index in [0.717, 1.165) is 5.92 Å². The van der Waals surface area contributed by atoms with Crippen molar-refractivity contribution < 1.29 is 0 Å². The van der Waals surface area contributed by atoms with Crippen LogP contribution in [0.15, 0.2) is 10.8 Å². The Morgan fingerprint density at radius 3 is 2.57 bits per heavy atom. The van der Waals surface area contributed by atoms with Crippen molar-refractivity contribution in [2.45, 2.75) is 39.7 Å². The molecule has 2 heteroatoms. The lowest BCUT2D eigenvalue weighted by molar-refractivity contribution is 0.421. The molecule has 0 bridgehead atoms. The fraction of sp³-hybridized carbons (Fsp3) is 0.667. The molecule has 1 aromatic rings. The Balaban J connectivity index is 2.67. The van der Waals surface area contributed by atoms with Gasteiger partial charge in [-0.1, -0.05) is 20.3 Å². The van der Waals surface area contributed by atoms with Crippen LogP contribution in [0.1, 0.15) is 43.9 Å². The zero-order chi connectivity index (χ0) is 10.6. The first-order valence-corrected chi connectivity index (χ1v) is 6.33. The fourth-order valence-corrected chi connectivity index (χ4v) is 2.60. The molecule has 1 N–H and O–H groups in total. The molecule has 0 radical (unpaired) electrons. The first-order chi connectivity index (χ1) is 6.69. The highest BCUT2D eigenvalue weighted by Gasteiger charge is 2.14. The highest BCUT2D eigenvalue weighted by Crippen LogP contribution is 2.27. The van der Waals surface area contributed by atoms with Crippen molar-refractivity contribution in [3.63, 3.8) is 0 Å². The summed E-state index contributed by atoms with van der Waals surface area (Å²) in [6, 6.07) is 0.538. The van der Waals surface area contributed by atoms with Crippen LogP contribution in [0.5, 0.6) is 0 Å². The summed E-state index contributed by atoms with van der Waals surface area (Å²) in [6.45, 7) is 6.79. The fourth-order valence-electron chi connectivity index (χ4n) is 1.70. The molecule has 0 saturated heterocycles. The van der Waals surface area contributed by atoms with Crippen molar-refractivity contribution in [2.75, 3.05) is 7.05 Å². The van der Waals surface area contributed by atoms with E-state index in [1.54, 1.807) is 11.3 Å². The molecule has 0 fully saturated rings. The Hall–Kier alpha value is -0.340. The van der Waals surface area contributed by atoms with Crippen LogP contribution in [0.25, 0.3) is 0 Å². The quantitative estimate of drug-likeness (QED) is 0.782. The molecule has 1 heterocycles. The molecule has 1 rings (SSSR count). The van der Waals surface area contributed by atoms with Crippen molar-refractivity contribution in [2.24, 2.45) is 5.92 Å². The van der Waals surface area contributed by atoms with E-state index in [2.05, 4.69) is 43.9 Å². The summed E-state index contributed by atoms with van der Waals surface area (Å²) in [6.07, 6.45) is 2.51. The third-order valence-corrected chi connectivity index (χ3v) is 3.83. The van der Waals surface area contributed by atoms with Crippen molar-refractivity contribution in [1.29, 1.82) is 0 Å². The Kier molecular flexibility index (Phi) is 4.63. The SMILES string of the molecule is CCC(C)CC(NC)c1cscc1C. The molecule has 1 aromatic heterocycles. The van der Waals surface area contributed by atoms with Crippen LogP contribution in [0.2, 0.25) is 0 Å². The number of aryl methyl sites for hydroxylation is 1. The van der Waals surface area contributed by atoms with Crippen LogP contribution in [-0.2, 0) is 0 Å². The molecule has 14 heavy (non-hydrogen) atoms. The summed E-state index contributed by atoms with van der Waals surface area (Å²) >= 11 is 1.80. The topological polar surface area (TPSA) is 12.0 Å². The molecule has 1 nitrogen and oxygen atoms in total. The van der Waals surface area contributed by atoms with E-state index >= 15 is 0 Å². The van der Waals surface area contributed by atoms with E-state index in [4.69, 9.17) is 0 Å². The van der Waals surface area contributed by atoms with Gasteiger partial charge >= 0.3 is 0 Å². The standard InChI is InChI=1S/C12H21NS/c1-5-9(2)6-12(13-4)11-8-14-7-10(11)3/h7-9,12-13H,5-6H2,1-4H3. The zero-order valence-corrected chi connectivity index (χ0v) is 10.4. The largest absolute Gasteiger partial charge is 0.313 e. The third-order valence-electron chi connectivity index (χ3n) is 2.95. The third kappa shape index (κ3) is 2.82. The predicted molar refractivity (Wildman–Crippen MR) is 64.9 cm³/mol. The minimum Gasteiger partial charge on any atom is -0.313 e. The Bertz CT molecular complexity index is 267. The van der Waals surface area contributed by atoms with Gasteiger partial charge in [0, 0.05) is 6.04 Å². The van der Waals surface area contributed by atoms with E-state index in [1.807, 2.05) is 0 Å². The molecule has 0 amide bonds. The normalized spacial score (nSPS) is 15.4. The van der Waals surface area contributed by atoms with Crippen LogP contribution in [0, 0.1) is 12.8 Å². The minimum absolute atomic E-state index is 0.538. The Labute approximate surface area is 91.5 Å². The first kappa shape index (κ1) is 11.7. The molecular formula is C12H21NS. The summed E-state index contributed by atoms with van der Waals surface area (Å²) in [4.78, 5) is 0. The number of rotatable bonds is 5. The molecule has 0 aliphatic rings. The lowest BCUT2D eigenvalue weighted by Gasteiger charge is -2.19. The van der Waals surface area contributed by atoms with Crippen molar-refractivity contribution in [1.82, 2.24) is 5.32 Å². The number of hydrogen-bond acceptors (Lipinski definition) is 2. The molecule has 80 valence electrons. The van der Waals surface area contributed by atoms with Gasteiger partial charge in [0.2, 0.25) is 0 Å². The maximum atomic E-state index is 3.42. The molecule has 2 unspecified atom stereocenters. The summed E-state index contributed by atoms with van der Waals surface area (Å²) in [7, 11) is 2.06. The lowest BCUT2D eigenvalue weighted by atomic mass is 9.94. The van der Waals surface area contributed by atoms with Crippen LogP contribution < -0.4 is 5.32 Å². The van der Waals surface area contributed by atoms with Crippen molar-refractivity contribution >= 4 is 11.3 Å². The van der Waals surface area contributed by atoms with Gasteiger partial charge in [-0.25, -0.2) is 0 Å². The monoisotopic (exact) mass is 211 g/mol. The van der Waals surface area contributed by atoms with E-state index < -0.39 is 0 Å². The molecule has 0 spiro atoms. The van der Waals surface area contributed by atoms with Crippen LogP contribution >= 0.6 is 11.3 Å². The molecule has 0 saturated carbocycles. The second kappa shape index (κ2) is 5.52. The summed E-state index contributed by atoms with van der Waals surface area (Å²) in [5.41, 5.74) is 2.91. The zero-order valence-electron chi connectivity index (χ0n) is 9.63. The summed E-state index contributed by atoms with van der Waals surface area (Å²) in [5.74, 6) is 0.798. The van der Waals surface area contributed by atoms with E-state index in [-0.39, 0.29) is 0 Å². The minimum atomic E-state index is 0.538. The van der Waals surface area contributed by atoms with Crippen LogP contribution in [0.4, 0.5) is 0 Å². The average molecular weight is 211 g/mol. The van der Waals surface area contributed by atoms with Gasteiger partial charge in [-0.15, -0.1) is 0 Å². The predicted octanol–water partition coefficient (Wildman–Crippen LogP) is 3.75. The van der Waals surface area contributed by atoms with Gasteiger partial charge in [0.15, 0.2) is 0 Å². The molecule has 0 aliphatic carbocycles. The maximum absolute atomic E-state index is 3.42. The van der Waals surface area contributed by atoms with Gasteiger partial charge in [-0.3, -0.25) is 0 Å². The highest BCUT2D eigenvalue weighted by atomic mass is 32.1. The van der Waals surface area contributed by atoms with Gasteiger partial charge in [0.25, 0.3) is 0 Å². The van der Waals surface area contributed by atoms with Crippen LogP contribution in [-0.4, -0.2) is 7.05 Å². The van der Waals surface area contributed by atoms with Gasteiger partial charge in [-0.2, -0.15) is 11.3 Å². The second-order valence-electron chi connectivity index (χ2n) is 4.10. The molecule has 0 aromatic carbocycles. The van der Waals surface area contributed by atoms with Crippen molar-refractivity contribution in [3.8, 4) is 0 Å². The van der Waals surface area contributed by atoms with Gasteiger partial charge < -0.3 is 5.32 Å². The second-order valence-corrected chi connectivity index (χ2v) is 4.84. The molecular weight excluding hydrogens is 190 g/mol. The maximum Gasteiger partial charge on any atom is 0.0330 e. The molecule has 0 aliphatic heterocycles. The Morgan fingerprint density at radius 2 is 2.14 bits per heavy atom. The van der Waals surface area contributed by atoms with Gasteiger partial charge in [0.1, 0.15) is 0 Å². The summed E-state index contributed by atoms with van der Waals surface area (Å²) < 4.78 is 0. The number of thiophene rings is 1. The lowest BCUT2D eigenvalue weighted by Crippen LogP contribution is -2.19. The van der Waals surface area contributed by atoms with E-state index in [1.165, 1.54) is 24.0 Å². The smallest absolute Gasteiger partial charge is 0.0330 e. The van der Waals surface area contributed by atoms with Crippen molar-refractivity contribution in [3.05, 3.63) is 21.9 Å². The first-order valence-electron chi connectivity index (χ1n) is 5.39. The van der Waals surface area contributed by atoms with E-state index in [0.29, 0.717) is 6.04 Å².